The van der Waals surface area contributed by atoms with Gasteiger partial charge in [0.05, 0.1) is 17.5 Å². The van der Waals surface area contributed by atoms with Crippen molar-refractivity contribution in [1.82, 2.24) is 4.90 Å². The van der Waals surface area contributed by atoms with Gasteiger partial charge in [-0.1, -0.05) is 36.9 Å². The first-order chi connectivity index (χ1) is 14.1. The highest BCUT2D eigenvalue weighted by Gasteiger charge is 2.18. The van der Waals surface area contributed by atoms with Crippen molar-refractivity contribution < 1.29 is 18.7 Å². The van der Waals surface area contributed by atoms with Crippen molar-refractivity contribution in [3.63, 3.8) is 0 Å². The smallest absolute Gasteiger partial charge is 0.291 e. The first-order valence-electron chi connectivity index (χ1n) is 9.10. The number of carbonyl (C=O) groups is 2. The van der Waals surface area contributed by atoms with Gasteiger partial charge in [-0.25, -0.2) is 0 Å². The van der Waals surface area contributed by atoms with Crippen LogP contribution >= 0.6 is 0 Å². The topological polar surface area (TPSA) is 71.8 Å². The third-order valence-electron chi connectivity index (χ3n) is 4.21. The Bertz CT molecular complexity index is 978. The molecule has 3 aromatic rings. The van der Waals surface area contributed by atoms with E-state index in [1.807, 2.05) is 24.3 Å². The number of hydrogen-bond donors (Lipinski definition) is 1. The van der Waals surface area contributed by atoms with Gasteiger partial charge in [-0.2, -0.15) is 0 Å². The van der Waals surface area contributed by atoms with E-state index in [1.54, 1.807) is 54.4 Å². The fourth-order valence-corrected chi connectivity index (χ4v) is 2.77. The lowest BCUT2D eigenvalue weighted by Gasteiger charge is -2.19. The van der Waals surface area contributed by atoms with Crippen molar-refractivity contribution in [2.75, 3.05) is 19.0 Å². The van der Waals surface area contributed by atoms with Crippen molar-refractivity contribution in [2.45, 2.75) is 6.54 Å². The highest BCUT2D eigenvalue weighted by atomic mass is 16.5. The third kappa shape index (κ3) is 5.13. The number of anilines is 1. The van der Waals surface area contributed by atoms with Crippen LogP contribution in [0.2, 0.25) is 0 Å². The van der Waals surface area contributed by atoms with Crippen LogP contribution in [0.4, 0.5) is 5.69 Å². The Kier molecular flexibility index (Phi) is 6.47. The van der Waals surface area contributed by atoms with E-state index in [2.05, 4.69) is 11.9 Å². The van der Waals surface area contributed by atoms with Gasteiger partial charge in [0.25, 0.3) is 11.8 Å². The number of furan rings is 1. The molecule has 0 atom stereocenters. The molecule has 0 spiro atoms. The maximum Gasteiger partial charge on any atom is 0.291 e. The highest BCUT2D eigenvalue weighted by Crippen LogP contribution is 2.20. The number of para-hydroxylation sites is 1. The maximum absolute atomic E-state index is 13.0. The molecule has 1 N–H and O–H groups in total. The molecule has 0 unspecified atom stereocenters. The molecule has 2 amide bonds. The molecule has 0 bridgehead atoms. The van der Waals surface area contributed by atoms with Crippen LogP contribution < -0.4 is 10.1 Å². The van der Waals surface area contributed by atoms with Gasteiger partial charge in [-0.05, 0) is 42.0 Å². The predicted molar refractivity (Wildman–Crippen MR) is 111 cm³/mol. The molecule has 3 rings (SSSR count). The monoisotopic (exact) mass is 390 g/mol. The largest absolute Gasteiger partial charge is 0.490 e. The summed E-state index contributed by atoms with van der Waals surface area (Å²) in [6.45, 7) is 4.48. The Morgan fingerprint density at radius 2 is 1.86 bits per heavy atom. The second-order valence-corrected chi connectivity index (χ2v) is 6.38. The van der Waals surface area contributed by atoms with Crippen LogP contribution in [-0.4, -0.2) is 30.4 Å². The van der Waals surface area contributed by atoms with Gasteiger partial charge in [0.1, 0.15) is 12.4 Å². The van der Waals surface area contributed by atoms with Crippen molar-refractivity contribution >= 4 is 17.5 Å². The first kappa shape index (κ1) is 19.9. The zero-order valence-corrected chi connectivity index (χ0v) is 16.1. The summed E-state index contributed by atoms with van der Waals surface area (Å²) in [5.74, 6) is 0.313. The Hall–Kier alpha value is -3.80. The van der Waals surface area contributed by atoms with Crippen LogP contribution in [0.25, 0.3) is 0 Å². The van der Waals surface area contributed by atoms with Gasteiger partial charge >= 0.3 is 0 Å². The first-order valence-corrected chi connectivity index (χ1v) is 9.10. The summed E-state index contributed by atoms with van der Waals surface area (Å²) >= 11 is 0. The third-order valence-corrected chi connectivity index (χ3v) is 4.21. The molecule has 0 radical (unpaired) electrons. The molecule has 6 nitrogen and oxygen atoms in total. The van der Waals surface area contributed by atoms with Crippen molar-refractivity contribution in [3.05, 3.63) is 96.5 Å². The van der Waals surface area contributed by atoms with Crippen LogP contribution in [0.1, 0.15) is 26.5 Å². The lowest BCUT2D eigenvalue weighted by Crippen LogP contribution is -2.27. The van der Waals surface area contributed by atoms with Gasteiger partial charge in [0.15, 0.2) is 5.76 Å². The lowest BCUT2D eigenvalue weighted by atomic mass is 10.1. The van der Waals surface area contributed by atoms with E-state index in [-0.39, 0.29) is 11.7 Å². The molecule has 0 fully saturated rings. The van der Waals surface area contributed by atoms with Crippen molar-refractivity contribution in [2.24, 2.45) is 0 Å². The predicted octanol–water partition coefficient (Wildman–Crippen LogP) is 4.37. The Labute approximate surface area is 169 Å². The number of benzene rings is 2. The van der Waals surface area contributed by atoms with Crippen molar-refractivity contribution in [1.29, 1.82) is 0 Å². The summed E-state index contributed by atoms with van der Waals surface area (Å²) in [5.41, 5.74) is 1.80. The number of nitrogens with zero attached hydrogens (tertiary/aromatic N) is 1. The molecule has 1 aromatic heterocycles. The molecule has 148 valence electrons. The van der Waals surface area contributed by atoms with Crippen LogP contribution in [0, 0.1) is 0 Å². The molecular formula is C23H22N2O4. The van der Waals surface area contributed by atoms with Crippen LogP contribution in [0.5, 0.6) is 5.75 Å². The fraction of sp³-hybridized carbons (Fsp3) is 0.130. The fourth-order valence-electron chi connectivity index (χ4n) is 2.77. The second kappa shape index (κ2) is 9.41. The maximum atomic E-state index is 13.0. The Morgan fingerprint density at radius 1 is 1.10 bits per heavy atom. The summed E-state index contributed by atoms with van der Waals surface area (Å²) in [6.07, 6.45) is 3.11. The van der Waals surface area contributed by atoms with Crippen LogP contribution in [0.3, 0.4) is 0 Å². The van der Waals surface area contributed by atoms with E-state index >= 15 is 0 Å². The van der Waals surface area contributed by atoms with Crippen molar-refractivity contribution in [3.8, 4) is 5.75 Å². The van der Waals surface area contributed by atoms with E-state index < -0.39 is 5.91 Å². The van der Waals surface area contributed by atoms with Gasteiger partial charge < -0.3 is 19.4 Å². The molecule has 0 saturated carbocycles. The molecule has 0 saturated heterocycles. The molecule has 6 heteroatoms. The SMILES string of the molecule is C=CCOc1ccc(CN(C)C(=O)c2ccccc2NC(=O)c2ccco2)cc1. The van der Waals surface area contributed by atoms with E-state index in [9.17, 15) is 9.59 Å². The van der Waals surface area contributed by atoms with Crippen LogP contribution in [0.15, 0.2) is 84.0 Å². The zero-order chi connectivity index (χ0) is 20.6. The Balaban J connectivity index is 1.69. The lowest BCUT2D eigenvalue weighted by molar-refractivity contribution is 0.0786. The standard InChI is InChI=1S/C23H22N2O4/c1-3-14-28-18-12-10-17(11-13-18)16-25(2)23(27)19-7-4-5-8-20(19)24-22(26)21-9-6-15-29-21/h3-13,15H,1,14,16H2,2H3,(H,24,26). The summed E-state index contributed by atoms with van der Waals surface area (Å²) in [7, 11) is 1.72. The number of carbonyl (C=O) groups excluding carboxylic acids is 2. The molecule has 1 heterocycles. The number of hydrogen-bond acceptors (Lipinski definition) is 4. The molecular weight excluding hydrogens is 368 g/mol. The number of amides is 2. The minimum atomic E-state index is -0.409. The number of rotatable bonds is 8. The number of nitrogens with one attached hydrogen (secondary N) is 1. The van der Waals surface area contributed by atoms with Gasteiger partial charge in [0, 0.05) is 13.6 Å². The zero-order valence-electron chi connectivity index (χ0n) is 16.1. The normalized spacial score (nSPS) is 10.2. The van der Waals surface area contributed by atoms with E-state index in [0.717, 1.165) is 11.3 Å². The second-order valence-electron chi connectivity index (χ2n) is 6.38. The van der Waals surface area contributed by atoms with E-state index in [1.165, 1.54) is 6.26 Å². The summed E-state index contributed by atoms with van der Waals surface area (Å²) in [6, 6.07) is 17.6. The molecule has 0 aliphatic heterocycles. The number of ether oxygens (including phenoxy) is 1. The summed E-state index contributed by atoms with van der Waals surface area (Å²) < 4.78 is 10.6. The Morgan fingerprint density at radius 3 is 2.55 bits per heavy atom. The summed E-state index contributed by atoms with van der Waals surface area (Å²) in [5, 5.41) is 2.73. The molecule has 0 aliphatic rings. The van der Waals surface area contributed by atoms with Gasteiger partial charge in [0.2, 0.25) is 0 Å². The molecule has 29 heavy (non-hydrogen) atoms. The average molecular weight is 390 g/mol. The molecule has 2 aromatic carbocycles. The minimum absolute atomic E-state index is 0.180. The van der Waals surface area contributed by atoms with E-state index in [4.69, 9.17) is 9.15 Å². The highest BCUT2D eigenvalue weighted by molar-refractivity contribution is 6.07. The van der Waals surface area contributed by atoms with E-state index in [0.29, 0.717) is 24.4 Å². The summed E-state index contributed by atoms with van der Waals surface area (Å²) in [4.78, 5) is 26.8. The quantitative estimate of drug-likeness (QED) is 0.580. The van der Waals surface area contributed by atoms with Crippen LogP contribution in [-0.2, 0) is 6.54 Å². The molecule has 0 aliphatic carbocycles. The average Bonchev–Trinajstić information content (AvgIpc) is 3.28. The van der Waals surface area contributed by atoms with Gasteiger partial charge in [-0.15, -0.1) is 0 Å². The van der Waals surface area contributed by atoms with Gasteiger partial charge in [-0.3, -0.25) is 9.59 Å². The minimum Gasteiger partial charge on any atom is -0.490 e.